The fourth-order valence-electron chi connectivity index (χ4n) is 4.34. The summed E-state index contributed by atoms with van der Waals surface area (Å²) in [4.78, 5) is 12.5. The van der Waals surface area contributed by atoms with Crippen LogP contribution in [-0.2, 0) is 20.0 Å². The highest BCUT2D eigenvalue weighted by molar-refractivity contribution is 7.91. The van der Waals surface area contributed by atoms with E-state index < -0.39 is 9.84 Å². The number of amides is 1. The molecular formula is C19H27NO3S. The summed E-state index contributed by atoms with van der Waals surface area (Å²) in [6.45, 7) is 2.75. The van der Waals surface area contributed by atoms with Crippen molar-refractivity contribution in [2.24, 2.45) is 5.92 Å². The minimum atomic E-state index is -3.02. The van der Waals surface area contributed by atoms with Crippen molar-refractivity contribution in [2.75, 3.05) is 18.1 Å². The summed E-state index contributed by atoms with van der Waals surface area (Å²) in [5.74, 6) is -0.299. The van der Waals surface area contributed by atoms with Gasteiger partial charge < -0.3 is 5.32 Å². The van der Waals surface area contributed by atoms with Gasteiger partial charge in [0.25, 0.3) is 0 Å². The first-order valence-electron chi connectivity index (χ1n) is 8.96. The summed E-state index contributed by atoms with van der Waals surface area (Å²) >= 11 is 0. The highest BCUT2D eigenvalue weighted by Gasteiger charge is 2.37. The van der Waals surface area contributed by atoms with Crippen molar-refractivity contribution in [1.82, 2.24) is 5.32 Å². The molecule has 2 aliphatic rings. The van der Waals surface area contributed by atoms with Gasteiger partial charge in [-0.3, -0.25) is 4.79 Å². The van der Waals surface area contributed by atoms with Crippen molar-refractivity contribution in [1.29, 1.82) is 0 Å². The lowest BCUT2D eigenvalue weighted by atomic mass is 9.68. The van der Waals surface area contributed by atoms with E-state index in [-0.39, 0.29) is 28.7 Å². The molecule has 0 radical (unpaired) electrons. The Balaban J connectivity index is 1.74. The summed E-state index contributed by atoms with van der Waals surface area (Å²) in [6.07, 6.45) is 6.25. The minimum absolute atomic E-state index is 0.00324. The van der Waals surface area contributed by atoms with Crippen LogP contribution in [0.5, 0.6) is 0 Å². The van der Waals surface area contributed by atoms with Gasteiger partial charge in [-0.05, 0) is 37.3 Å². The Hall–Kier alpha value is -1.36. The van der Waals surface area contributed by atoms with E-state index in [9.17, 15) is 13.2 Å². The van der Waals surface area contributed by atoms with Crippen molar-refractivity contribution < 1.29 is 13.2 Å². The van der Waals surface area contributed by atoms with Crippen LogP contribution in [0.15, 0.2) is 24.3 Å². The molecule has 1 aromatic rings. The van der Waals surface area contributed by atoms with Gasteiger partial charge in [0, 0.05) is 12.0 Å². The van der Waals surface area contributed by atoms with E-state index in [1.165, 1.54) is 30.4 Å². The number of sulfone groups is 1. The monoisotopic (exact) mass is 349 g/mol. The number of carbonyl (C=O) groups is 1. The second-order valence-corrected chi connectivity index (χ2v) is 9.70. The van der Waals surface area contributed by atoms with Crippen LogP contribution in [0.2, 0.25) is 0 Å². The van der Waals surface area contributed by atoms with Gasteiger partial charge in [0.1, 0.15) is 0 Å². The van der Waals surface area contributed by atoms with Crippen LogP contribution in [0, 0.1) is 12.8 Å². The van der Waals surface area contributed by atoms with Gasteiger partial charge in [0.2, 0.25) is 5.91 Å². The molecule has 1 aliphatic heterocycles. The van der Waals surface area contributed by atoms with Gasteiger partial charge in [-0.1, -0.05) is 43.5 Å². The first-order chi connectivity index (χ1) is 11.4. The average molecular weight is 349 g/mol. The van der Waals surface area contributed by atoms with Crippen LogP contribution >= 0.6 is 0 Å². The lowest BCUT2D eigenvalue weighted by molar-refractivity contribution is -0.124. The van der Waals surface area contributed by atoms with Gasteiger partial charge in [-0.15, -0.1) is 0 Å². The van der Waals surface area contributed by atoms with Crippen molar-refractivity contribution in [3.63, 3.8) is 0 Å². The molecule has 1 heterocycles. The maximum Gasteiger partial charge on any atom is 0.224 e. The summed E-state index contributed by atoms with van der Waals surface area (Å²) in [7, 11) is -3.02. The number of aryl methyl sites for hydroxylation is 1. The lowest BCUT2D eigenvalue weighted by Gasteiger charge is -2.39. The minimum Gasteiger partial charge on any atom is -0.355 e. The Morgan fingerprint density at radius 3 is 2.54 bits per heavy atom. The van der Waals surface area contributed by atoms with Crippen molar-refractivity contribution >= 4 is 15.7 Å². The second-order valence-electron chi connectivity index (χ2n) is 7.47. The van der Waals surface area contributed by atoms with Gasteiger partial charge >= 0.3 is 0 Å². The quantitative estimate of drug-likeness (QED) is 0.909. The third-order valence-corrected chi connectivity index (χ3v) is 7.50. The highest BCUT2D eigenvalue weighted by Crippen LogP contribution is 2.40. The first kappa shape index (κ1) is 17.5. The maximum absolute atomic E-state index is 12.5. The zero-order valence-electron chi connectivity index (χ0n) is 14.4. The zero-order chi connectivity index (χ0) is 17.2. The topological polar surface area (TPSA) is 63.2 Å². The fourth-order valence-corrected chi connectivity index (χ4v) is 6.08. The number of carbonyl (C=O) groups excluding carboxylic acids is 1. The van der Waals surface area contributed by atoms with E-state index in [4.69, 9.17) is 0 Å². The molecule has 1 saturated carbocycles. The van der Waals surface area contributed by atoms with Gasteiger partial charge in [0.15, 0.2) is 9.84 Å². The van der Waals surface area contributed by atoms with Crippen LogP contribution < -0.4 is 5.32 Å². The number of benzene rings is 1. The highest BCUT2D eigenvalue weighted by atomic mass is 32.2. The third-order valence-electron chi connectivity index (χ3n) is 5.73. The predicted octanol–water partition coefficient (Wildman–Crippen LogP) is 2.75. The van der Waals surface area contributed by atoms with Crippen molar-refractivity contribution in [2.45, 2.75) is 50.9 Å². The smallest absolute Gasteiger partial charge is 0.224 e. The van der Waals surface area contributed by atoms with E-state index in [0.717, 1.165) is 12.8 Å². The van der Waals surface area contributed by atoms with E-state index in [1.807, 2.05) is 0 Å². The fraction of sp³-hybridized carbons (Fsp3) is 0.632. The van der Waals surface area contributed by atoms with Crippen LogP contribution in [0.3, 0.4) is 0 Å². The van der Waals surface area contributed by atoms with Crippen LogP contribution in [-0.4, -0.2) is 32.4 Å². The Bertz CT molecular complexity index is 705. The maximum atomic E-state index is 12.5. The average Bonchev–Trinajstić information content (AvgIpc) is 2.94. The number of rotatable bonds is 4. The third kappa shape index (κ3) is 3.66. The molecule has 1 saturated heterocycles. The number of nitrogens with one attached hydrogen (secondary N) is 1. The Morgan fingerprint density at radius 1 is 1.21 bits per heavy atom. The van der Waals surface area contributed by atoms with Gasteiger partial charge in [-0.25, -0.2) is 8.42 Å². The SMILES string of the molecule is Cc1ccccc1C1(CNC(=O)[C@@H]2CCS(=O)(=O)C2)CCCCC1. The molecular weight excluding hydrogens is 322 g/mol. The van der Waals surface area contributed by atoms with Crippen molar-refractivity contribution in [3.05, 3.63) is 35.4 Å². The molecule has 0 spiro atoms. The molecule has 0 unspecified atom stereocenters. The van der Waals surface area contributed by atoms with E-state index in [0.29, 0.717) is 13.0 Å². The molecule has 1 amide bonds. The number of hydrogen-bond donors (Lipinski definition) is 1. The summed E-state index contributed by atoms with van der Waals surface area (Å²) in [5.41, 5.74) is 2.61. The standard InChI is InChI=1S/C19H27NO3S/c1-15-7-3-4-8-17(15)19(10-5-2-6-11-19)14-20-18(21)16-9-12-24(22,23)13-16/h3-4,7-8,16H,2,5-6,9-14H2,1H3,(H,20,21)/t16-/m1/s1. The zero-order valence-corrected chi connectivity index (χ0v) is 15.2. The molecule has 3 rings (SSSR count). The van der Waals surface area contributed by atoms with Crippen LogP contribution in [0.25, 0.3) is 0 Å². The van der Waals surface area contributed by atoms with E-state index >= 15 is 0 Å². The molecule has 2 fully saturated rings. The molecule has 24 heavy (non-hydrogen) atoms. The summed E-state index contributed by atoms with van der Waals surface area (Å²) in [6, 6.07) is 8.45. The molecule has 5 heteroatoms. The molecule has 1 N–H and O–H groups in total. The van der Waals surface area contributed by atoms with Crippen LogP contribution in [0.4, 0.5) is 0 Å². The molecule has 0 aromatic heterocycles. The Kier molecular flexibility index (Phi) is 5.00. The van der Waals surface area contributed by atoms with Gasteiger partial charge in [0.05, 0.1) is 17.4 Å². The lowest BCUT2D eigenvalue weighted by Crippen LogP contribution is -2.44. The molecule has 1 aliphatic carbocycles. The van der Waals surface area contributed by atoms with E-state index in [2.05, 4.69) is 36.5 Å². The second kappa shape index (κ2) is 6.87. The van der Waals surface area contributed by atoms with Gasteiger partial charge in [-0.2, -0.15) is 0 Å². The van der Waals surface area contributed by atoms with E-state index in [1.54, 1.807) is 0 Å². The molecule has 0 bridgehead atoms. The molecule has 1 atom stereocenters. The molecule has 132 valence electrons. The van der Waals surface area contributed by atoms with Crippen molar-refractivity contribution in [3.8, 4) is 0 Å². The largest absolute Gasteiger partial charge is 0.355 e. The molecule has 1 aromatic carbocycles. The normalized spacial score (nSPS) is 25.3. The predicted molar refractivity (Wildman–Crippen MR) is 95.7 cm³/mol. The first-order valence-corrected chi connectivity index (χ1v) is 10.8. The Morgan fingerprint density at radius 2 is 1.92 bits per heavy atom. The summed E-state index contributed by atoms with van der Waals surface area (Å²) < 4.78 is 23.2. The Labute approximate surface area is 145 Å². The molecule has 4 nitrogen and oxygen atoms in total. The summed E-state index contributed by atoms with van der Waals surface area (Å²) in [5, 5.41) is 3.10. The number of hydrogen-bond acceptors (Lipinski definition) is 3. The van der Waals surface area contributed by atoms with Crippen LogP contribution in [0.1, 0.15) is 49.7 Å².